The van der Waals surface area contributed by atoms with Crippen molar-refractivity contribution in [1.82, 2.24) is 20.2 Å². The van der Waals surface area contributed by atoms with Gasteiger partial charge in [-0.05, 0) is 59.7 Å². The molecule has 0 spiro atoms. The van der Waals surface area contributed by atoms with E-state index in [1.54, 1.807) is 22.9 Å². The zero-order valence-electron chi connectivity index (χ0n) is 15.3. The van der Waals surface area contributed by atoms with Crippen LogP contribution in [-0.2, 0) is 4.79 Å². The van der Waals surface area contributed by atoms with Crippen LogP contribution in [0.5, 0.6) is 0 Å². The smallest absolute Gasteiger partial charge is 0.221 e. The number of nitrogens with zero attached hydrogens (tertiary/aromatic N) is 4. The second-order valence-corrected chi connectivity index (χ2v) is 7.06. The molecular weight excluding hydrogens is 362 g/mol. The molecule has 1 N–H and O–H groups in total. The number of ketones is 1. The summed E-state index contributed by atoms with van der Waals surface area (Å²) in [6.07, 6.45) is 0. The van der Waals surface area contributed by atoms with Gasteiger partial charge in [0.25, 0.3) is 0 Å². The number of hydrogen-bond donors (Lipinski definition) is 1. The Kier molecular flexibility index (Phi) is 5.66. The van der Waals surface area contributed by atoms with E-state index in [1.165, 1.54) is 18.7 Å². The summed E-state index contributed by atoms with van der Waals surface area (Å²) >= 11 is 1.27. The first-order valence-corrected chi connectivity index (χ1v) is 9.32. The summed E-state index contributed by atoms with van der Waals surface area (Å²) in [5.74, 6) is 0.0935. The normalized spacial score (nSPS) is 10.6. The number of hydrogen-bond acceptors (Lipinski definition) is 6. The van der Waals surface area contributed by atoms with E-state index >= 15 is 0 Å². The molecule has 0 aliphatic heterocycles. The first kappa shape index (κ1) is 18.8. The van der Waals surface area contributed by atoms with Crippen LogP contribution in [0.25, 0.3) is 5.69 Å². The predicted molar refractivity (Wildman–Crippen MR) is 104 cm³/mol. The van der Waals surface area contributed by atoms with Gasteiger partial charge in [-0.25, -0.2) is 0 Å². The SMILES string of the molecule is CC(=O)Nc1cccc(-n2nnnc2SCC(=O)c2ccc(C)c(C)c2)c1. The van der Waals surface area contributed by atoms with Crippen LogP contribution in [0.15, 0.2) is 47.6 Å². The van der Waals surface area contributed by atoms with E-state index in [0.29, 0.717) is 22.1 Å². The third kappa shape index (κ3) is 4.59. The molecule has 0 fully saturated rings. The van der Waals surface area contributed by atoms with Gasteiger partial charge in [0, 0.05) is 18.2 Å². The summed E-state index contributed by atoms with van der Waals surface area (Å²) in [4.78, 5) is 23.7. The number of carbonyl (C=O) groups is 2. The molecule has 0 aliphatic rings. The number of rotatable bonds is 6. The van der Waals surface area contributed by atoms with Gasteiger partial charge < -0.3 is 5.32 Å². The lowest BCUT2D eigenvalue weighted by Gasteiger charge is -2.07. The van der Waals surface area contributed by atoms with Gasteiger partial charge in [0.2, 0.25) is 11.1 Å². The topological polar surface area (TPSA) is 89.8 Å². The highest BCUT2D eigenvalue weighted by Gasteiger charge is 2.14. The highest BCUT2D eigenvalue weighted by molar-refractivity contribution is 7.99. The Balaban J connectivity index is 1.74. The molecule has 7 nitrogen and oxygen atoms in total. The van der Waals surface area contributed by atoms with Crippen LogP contribution in [0.3, 0.4) is 0 Å². The van der Waals surface area contributed by atoms with Gasteiger partial charge in [-0.15, -0.1) is 5.10 Å². The van der Waals surface area contributed by atoms with Crippen LogP contribution in [0, 0.1) is 13.8 Å². The molecule has 8 heteroatoms. The van der Waals surface area contributed by atoms with Crippen LogP contribution in [0.4, 0.5) is 5.69 Å². The zero-order chi connectivity index (χ0) is 19.4. The van der Waals surface area contributed by atoms with Crippen molar-refractivity contribution in [1.29, 1.82) is 0 Å². The van der Waals surface area contributed by atoms with E-state index in [0.717, 1.165) is 11.1 Å². The molecule has 0 atom stereocenters. The van der Waals surface area contributed by atoms with Crippen molar-refractivity contribution in [2.24, 2.45) is 0 Å². The van der Waals surface area contributed by atoms with Gasteiger partial charge in [-0.3, -0.25) is 9.59 Å². The van der Waals surface area contributed by atoms with Gasteiger partial charge in [0.1, 0.15) is 0 Å². The highest BCUT2D eigenvalue weighted by Crippen LogP contribution is 2.22. The fourth-order valence-electron chi connectivity index (χ4n) is 2.48. The zero-order valence-corrected chi connectivity index (χ0v) is 16.1. The second-order valence-electron chi connectivity index (χ2n) is 6.12. The Labute approximate surface area is 161 Å². The quantitative estimate of drug-likeness (QED) is 0.521. The molecule has 0 saturated heterocycles. The minimum atomic E-state index is -0.155. The first-order valence-electron chi connectivity index (χ1n) is 8.33. The monoisotopic (exact) mass is 381 g/mol. The largest absolute Gasteiger partial charge is 0.326 e. The Hall–Kier alpha value is -3.00. The number of thioether (sulfide) groups is 1. The lowest BCUT2D eigenvalue weighted by atomic mass is 10.0. The van der Waals surface area contributed by atoms with E-state index in [1.807, 2.05) is 38.1 Å². The van der Waals surface area contributed by atoms with E-state index in [9.17, 15) is 9.59 Å². The number of amides is 1. The van der Waals surface area contributed by atoms with Crippen molar-refractivity contribution < 1.29 is 9.59 Å². The summed E-state index contributed by atoms with van der Waals surface area (Å²) in [7, 11) is 0. The molecule has 0 saturated carbocycles. The summed E-state index contributed by atoms with van der Waals surface area (Å²) in [6, 6.07) is 12.9. The Morgan fingerprint density at radius 1 is 1.11 bits per heavy atom. The van der Waals surface area contributed by atoms with E-state index in [2.05, 4.69) is 20.8 Å². The minimum absolute atomic E-state index is 0.0182. The number of benzene rings is 2. The maximum Gasteiger partial charge on any atom is 0.221 e. The fraction of sp³-hybridized carbons (Fsp3) is 0.211. The Bertz CT molecular complexity index is 999. The molecular formula is C19H19N5O2S. The van der Waals surface area contributed by atoms with E-state index in [4.69, 9.17) is 0 Å². The number of Topliss-reactive ketones (excluding diaryl/α,β-unsaturated/α-hetero) is 1. The standard InChI is InChI=1S/C19H19N5O2S/c1-12-7-8-15(9-13(12)2)18(26)11-27-19-21-22-23-24(19)17-6-4-5-16(10-17)20-14(3)25/h4-10H,11H2,1-3H3,(H,20,25). The van der Waals surface area contributed by atoms with Gasteiger partial charge in [-0.2, -0.15) is 4.68 Å². The van der Waals surface area contributed by atoms with Gasteiger partial charge in [-0.1, -0.05) is 30.0 Å². The number of tetrazole rings is 1. The van der Waals surface area contributed by atoms with Gasteiger partial charge >= 0.3 is 0 Å². The second kappa shape index (κ2) is 8.13. The average molecular weight is 381 g/mol. The van der Waals surface area contributed by atoms with E-state index < -0.39 is 0 Å². The lowest BCUT2D eigenvalue weighted by molar-refractivity contribution is -0.114. The maximum atomic E-state index is 12.5. The van der Waals surface area contributed by atoms with Crippen molar-refractivity contribution in [3.8, 4) is 5.69 Å². The van der Waals surface area contributed by atoms with Crippen LogP contribution >= 0.6 is 11.8 Å². The van der Waals surface area contributed by atoms with Crippen LogP contribution in [0.2, 0.25) is 0 Å². The summed E-state index contributed by atoms with van der Waals surface area (Å²) < 4.78 is 1.55. The van der Waals surface area contributed by atoms with E-state index in [-0.39, 0.29) is 17.4 Å². The van der Waals surface area contributed by atoms with Crippen molar-refractivity contribution in [3.05, 3.63) is 59.2 Å². The van der Waals surface area contributed by atoms with Crippen molar-refractivity contribution in [2.45, 2.75) is 25.9 Å². The summed E-state index contributed by atoms with van der Waals surface area (Å²) in [5, 5.41) is 14.9. The fourth-order valence-corrected chi connectivity index (χ4v) is 3.26. The molecule has 0 bridgehead atoms. The van der Waals surface area contributed by atoms with Gasteiger partial charge in [0.15, 0.2) is 5.78 Å². The molecule has 3 aromatic rings. The Morgan fingerprint density at radius 2 is 1.93 bits per heavy atom. The highest BCUT2D eigenvalue weighted by atomic mass is 32.2. The number of anilines is 1. The van der Waals surface area contributed by atoms with Crippen LogP contribution in [-0.4, -0.2) is 37.7 Å². The number of carbonyl (C=O) groups excluding carboxylic acids is 2. The number of aromatic nitrogens is 4. The predicted octanol–water partition coefficient (Wildman–Crippen LogP) is 3.21. The molecule has 3 rings (SSSR count). The van der Waals surface area contributed by atoms with Crippen molar-refractivity contribution >= 4 is 29.1 Å². The third-order valence-electron chi connectivity index (χ3n) is 4.01. The van der Waals surface area contributed by atoms with Crippen molar-refractivity contribution in [3.63, 3.8) is 0 Å². The lowest BCUT2D eigenvalue weighted by Crippen LogP contribution is -2.07. The Morgan fingerprint density at radius 3 is 2.67 bits per heavy atom. The molecule has 0 unspecified atom stereocenters. The first-order chi connectivity index (χ1) is 12.9. The molecule has 138 valence electrons. The van der Waals surface area contributed by atoms with Gasteiger partial charge in [0.05, 0.1) is 11.4 Å². The average Bonchev–Trinajstić information content (AvgIpc) is 3.10. The summed E-state index contributed by atoms with van der Waals surface area (Å²) in [6.45, 7) is 5.45. The molecule has 27 heavy (non-hydrogen) atoms. The maximum absolute atomic E-state index is 12.5. The molecule has 0 aliphatic carbocycles. The van der Waals surface area contributed by atoms with Crippen LogP contribution < -0.4 is 5.32 Å². The van der Waals surface area contributed by atoms with Crippen molar-refractivity contribution in [2.75, 3.05) is 11.1 Å². The molecule has 1 heterocycles. The molecule has 1 amide bonds. The molecule has 1 aromatic heterocycles. The number of nitrogens with one attached hydrogen (secondary N) is 1. The molecule has 0 radical (unpaired) electrons. The summed E-state index contributed by atoms with van der Waals surface area (Å²) in [5.41, 5.74) is 4.27. The number of aryl methyl sites for hydroxylation is 2. The minimum Gasteiger partial charge on any atom is -0.326 e. The van der Waals surface area contributed by atoms with Crippen LogP contribution in [0.1, 0.15) is 28.4 Å². The third-order valence-corrected chi connectivity index (χ3v) is 4.93. The molecule has 2 aromatic carbocycles.